The number of halogens is 1. The highest BCUT2D eigenvalue weighted by atomic mass is 32.2. The second-order valence-electron chi connectivity index (χ2n) is 5.83. The highest BCUT2D eigenvalue weighted by Crippen LogP contribution is 2.23. The number of nitrogens with zero attached hydrogens (tertiary/aromatic N) is 3. The summed E-state index contributed by atoms with van der Waals surface area (Å²) in [5.41, 5.74) is 1.43. The van der Waals surface area contributed by atoms with Crippen LogP contribution in [0.2, 0.25) is 0 Å². The molecule has 0 radical (unpaired) electrons. The van der Waals surface area contributed by atoms with E-state index in [1.165, 1.54) is 17.8 Å². The van der Waals surface area contributed by atoms with Gasteiger partial charge in [0.05, 0.1) is 17.4 Å². The number of nitrogens with one attached hydrogen (secondary N) is 1. The molecule has 0 bridgehead atoms. The quantitative estimate of drug-likeness (QED) is 0.668. The Balaban J connectivity index is 1.61. The lowest BCUT2D eigenvalue weighted by atomic mass is 10.1. The van der Waals surface area contributed by atoms with E-state index in [1.54, 1.807) is 30.1 Å². The minimum atomic E-state index is -0.368. The van der Waals surface area contributed by atoms with Crippen molar-refractivity contribution in [2.24, 2.45) is 0 Å². The minimum absolute atomic E-state index is 0.0228. The molecule has 1 heterocycles. The van der Waals surface area contributed by atoms with Crippen molar-refractivity contribution >= 4 is 17.7 Å². The maximum atomic E-state index is 13.8. The van der Waals surface area contributed by atoms with Gasteiger partial charge in [-0.1, -0.05) is 54.2 Å². The van der Waals surface area contributed by atoms with Gasteiger partial charge in [-0.3, -0.25) is 9.89 Å². The Kier molecular flexibility index (Phi) is 5.68. The zero-order valence-corrected chi connectivity index (χ0v) is 15.3. The molecule has 134 valence electrons. The van der Waals surface area contributed by atoms with Gasteiger partial charge in [0.1, 0.15) is 5.82 Å². The molecule has 0 saturated heterocycles. The molecule has 2 aromatic carbocycles. The summed E-state index contributed by atoms with van der Waals surface area (Å²) in [5.74, 6) is 0.169. The first-order chi connectivity index (χ1) is 12.6. The third kappa shape index (κ3) is 4.11. The van der Waals surface area contributed by atoms with Crippen molar-refractivity contribution in [2.75, 3.05) is 12.8 Å². The summed E-state index contributed by atoms with van der Waals surface area (Å²) in [7, 11) is 1.78. The predicted octanol–water partition coefficient (Wildman–Crippen LogP) is 3.92. The number of carbonyl (C=O) groups is 1. The lowest BCUT2D eigenvalue weighted by Crippen LogP contribution is -2.31. The Bertz CT molecular complexity index is 884. The van der Waals surface area contributed by atoms with Crippen LogP contribution in [0.4, 0.5) is 4.39 Å². The van der Waals surface area contributed by atoms with Crippen LogP contribution in [-0.2, 0) is 4.79 Å². The molecule has 1 atom stereocenters. The first kappa shape index (κ1) is 18.1. The fourth-order valence-corrected chi connectivity index (χ4v) is 3.21. The molecule has 3 aromatic rings. The van der Waals surface area contributed by atoms with Crippen molar-refractivity contribution < 1.29 is 9.18 Å². The smallest absolute Gasteiger partial charge is 0.233 e. The maximum absolute atomic E-state index is 13.8. The maximum Gasteiger partial charge on any atom is 0.233 e. The van der Waals surface area contributed by atoms with E-state index in [2.05, 4.69) is 15.2 Å². The van der Waals surface area contributed by atoms with Crippen molar-refractivity contribution in [1.82, 2.24) is 20.1 Å². The molecule has 7 heteroatoms. The largest absolute Gasteiger partial charge is 0.338 e. The molecule has 0 spiro atoms. The summed E-state index contributed by atoms with van der Waals surface area (Å²) in [6.07, 6.45) is 0. The Hall–Kier alpha value is -2.67. The first-order valence-electron chi connectivity index (χ1n) is 8.17. The van der Waals surface area contributed by atoms with Crippen LogP contribution in [0.1, 0.15) is 18.5 Å². The summed E-state index contributed by atoms with van der Waals surface area (Å²) in [4.78, 5) is 18.4. The van der Waals surface area contributed by atoms with Crippen LogP contribution in [0.25, 0.3) is 11.4 Å². The zero-order valence-electron chi connectivity index (χ0n) is 14.5. The molecule has 5 nitrogen and oxygen atoms in total. The van der Waals surface area contributed by atoms with E-state index in [0.717, 1.165) is 5.56 Å². The number of thioether (sulfide) groups is 1. The Morgan fingerprint density at radius 2 is 1.88 bits per heavy atom. The number of aromatic amines is 1. The Morgan fingerprint density at radius 1 is 1.19 bits per heavy atom. The van der Waals surface area contributed by atoms with Crippen LogP contribution in [0, 0.1) is 5.82 Å². The van der Waals surface area contributed by atoms with Gasteiger partial charge in [-0.15, -0.1) is 5.10 Å². The van der Waals surface area contributed by atoms with Crippen molar-refractivity contribution in [3.63, 3.8) is 0 Å². The molecule has 1 amide bonds. The number of carbonyl (C=O) groups excluding carboxylic acids is 1. The zero-order chi connectivity index (χ0) is 18.5. The molecule has 0 fully saturated rings. The molecule has 0 aliphatic heterocycles. The normalized spacial score (nSPS) is 12.0. The van der Waals surface area contributed by atoms with Gasteiger partial charge in [-0.2, -0.15) is 0 Å². The van der Waals surface area contributed by atoms with Crippen molar-refractivity contribution in [2.45, 2.75) is 18.1 Å². The molecule has 0 saturated carbocycles. The van der Waals surface area contributed by atoms with Gasteiger partial charge >= 0.3 is 0 Å². The van der Waals surface area contributed by atoms with Crippen LogP contribution in [0.15, 0.2) is 59.8 Å². The fourth-order valence-electron chi connectivity index (χ4n) is 2.48. The molecule has 0 unspecified atom stereocenters. The van der Waals surface area contributed by atoms with E-state index >= 15 is 0 Å². The fraction of sp³-hybridized carbons (Fsp3) is 0.211. The molecule has 3 rings (SSSR count). The van der Waals surface area contributed by atoms with Crippen LogP contribution in [0.5, 0.6) is 0 Å². The molecule has 1 aromatic heterocycles. The average Bonchev–Trinajstić information content (AvgIpc) is 3.14. The summed E-state index contributed by atoms with van der Waals surface area (Å²) in [5, 5.41) is 7.19. The van der Waals surface area contributed by atoms with E-state index in [1.807, 2.05) is 37.3 Å². The Morgan fingerprint density at radius 3 is 2.62 bits per heavy atom. The van der Waals surface area contributed by atoms with Crippen molar-refractivity contribution in [1.29, 1.82) is 0 Å². The summed E-state index contributed by atoms with van der Waals surface area (Å²) in [6, 6.07) is 16.2. The number of amides is 1. The second kappa shape index (κ2) is 8.14. The molecule has 1 N–H and O–H groups in total. The standard InChI is InChI=1S/C19H19FN4OS/c1-13(14-8-4-3-5-9-14)24(2)17(25)12-26-19-21-18(22-23-19)15-10-6-7-11-16(15)20/h3-11,13H,12H2,1-2H3,(H,21,22,23)/t13-/m1/s1. The van der Waals surface area contributed by atoms with E-state index in [4.69, 9.17) is 0 Å². The summed E-state index contributed by atoms with van der Waals surface area (Å²) in [6.45, 7) is 1.99. The van der Waals surface area contributed by atoms with E-state index < -0.39 is 0 Å². The topological polar surface area (TPSA) is 61.9 Å². The monoisotopic (exact) mass is 370 g/mol. The number of rotatable bonds is 6. The van der Waals surface area contributed by atoms with E-state index in [-0.39, 0.29) is 23.5 Å². The van der Waals surface area contributed by atoms with Crippen LogP contribution < -0.4 is 0 Å². The third-order valence-electron chi connectivity index (χ3n) is 4.17. The molecule has 0 aliphatic carbocycles. The third-order valence-corrected chi connectivity index (χ3v) is 5.01. The lowest BCUT2D eigenvalue weighted by Gasteiger charge is -2.25. The summed E-state index contributed by atoms with van der Waals surface area (Å²) >= 11 is 1.22. The molecular formula is C19H19FN4OS. The van der Waals surface area contributed by atoms with Crippen LogP contribution >= 0.6 is 11.8 Å². The lowest BCUT2D eigenvalue weighted by molar-refractivity contribution is -0.128. The van der Waals surface area contributed by atoms with Gasteiger partial charge in [0, 0.05) is 7.05 Å². The molecular weight excluding hydrogens is 351 g/mol. The van der Waals surface area contributed by atoms with Gasteiger partial charge in [-0.25, -0.2) is 9.37 Å². The highest BCUT2D eigenvalue weighted by Gasteiger charge is 2.18. The first-order valence-corrected chi connectivity index (χ1v) is 9.15. The minimum Gasteiger partial charge on any atom is -0.338 e. The van der Waals surface area contributed by atoms with Crippen molar-refractivity contribution in [3.8, 4) is 11.4 Å². The average molecular weight is 370 g/mol. The van der Waals surface area contributed by atoms with E-state index in [9.17, 15) is 9.18 Å². The van der Waals surface area contributed by atoms with Gasteiger partial charge in [0.25, 0.3) is 0 Å². The number of benzene rings is 2. The van der Waals surface area contributed by atoms with Crippen LogP contribution in [0.3, 0.4) is 0 Å². The number of aromatic nitrogens is 3. The Labute approximate surface area is 155 Å². The van der Waals surface area contributed by atoms with Gasteiger partial charge < -0.3 is 4.90 Å². The highest BCUT2D eigenvalue weighted by molar-refractivity contribution is 7.99. The molecule has 0 aliphatic rings. The second-order valence-corrected chi connectivity index (χ2v) is 6.77. The van der Waals surface area contributed by atoms with Gasteiger partial charge in [-0.05, 0) is 24.6 Å². The summed E-state index contributed by atoms with van der Waals surface area (Å²) < 4.78 is 13.8. The van der Waals surface area contributed by atoms with Crippen LogP contribution in [-0.4, -0.2) is 38.8 Å². The van der Waals surface area contributed by atoms with Crippen molar-refractivity contribution in [3.05, 3.63) is 66.0 Å². The predicted molar refractivity (Wildman–Crippen MR) is 100 cm³/mol. The number of H-pyrrole nitrogens is 1. The van der Waals surface area contributed by atoms with E-state index in [0.29, 0.717) is 16.5 Å². The number of hydrogen-bond donors (Lipinski definition) is 1. The van der Waals surface area contributed by atoms with Gasteiger partial charge in [0.15, 0.2) is 5.82 Å². The molecule has 26 heavy (non-hydrogen) atoms. The number of hydrogen-bond acceptors (Lipinski definition) is 4. The van der Waals surface area contributed by atoms with Gasteiger partial charge in [0.2, 0.25) is 11.1 Å². The SMILES string of the molecule is C[C@H](c1ccccc1)N(C)C(=O)CSc1n[nH]c(-c2ccccc2F)n1.